The van der Waals surface area contributed by atoms with Crippen LogP contribution in [0.1, 0.15) is 5.56 Å². The van der Waals surface area contributed by atoms with E-state index in [1.54, 1.807) is 6.20 Å². The summed E-state index contributed by atoms with van der Waals surface area (Å²) in [6.07, 6.45) is 1.78. The number of aromatic amines is 1. The number of benzene rings is 2. The third kappa shape index (κ3) is 2.59. The largest absolute Gasteiger partial charge is 0.392 e. The van der Waals surface area contributed by atoms with E-state index in [4.69, 9.17) is 11.6 Å². The molecule has 0 unspecified atom stereocenters. The molecule has 1 aromatic heterocycles. The number of aliphatic hydroxyl groups excluding tert-OH is 1. The van der Waals surface area contributed by atoms with Gasteiger partial charge in [-0.1, -0.05) is 41.9 Å². The lowest BCUT2D eigenvalue weighted by Crippen LogP contribution is -1.86. The minimum absolute atomic E-state index is 0.0235. The molecule has 0 saturated heterocycles. The summed E-state index contributed by atoms with van der Waals surface area (Å²) in [5, 5.41) is 9.87. The van der Waals surface area contributed by atoms with Gasteiger partial charge in [0.05, 0.1) is 18.5 Å². The quantitative estimate of drug-likeness (QED) is 0.766. The van der Waals surface area contributed by atoms with Gasteiger partial charge in [-0.05, 0) is 23.8 Å². The zero-order chi connectivity index (χ0) is 13.9. The fourth-order valence-electron chi connectivity index (χ4n) is 2.09. The Kier molecular flexibility index (Phi) is 3.54. The average Bonchev–Trinajstić information content (AvgIpc) is 2.97. The summed E-state index contributed by atoms with van der Waals surface area (Å²) >= 11 is 6.00. The molecule has 3 aromatic rings. The average molecular weight is 285 g/mol. The van der Waals surface area contributed by atoms with Crippen LogP contribution in [0, 0.1) is 0 Å². The molecular formula is C16H13ClN2O. The minimum atomic E-state index is 0.0235. The molecule has 1 heterocycles. The molecule has 0 aliphatic rings. The Morgan fingerprint density at radius 3 is 2.65 bits per heavy atom. The van der Waals surface area contributed by atoms with E-state index >= 15 is 0 Å². The topological polar surface area (TPSA) is 48.9 Å². The van der Waals surface area contributed by atoms with Gasteiger partial charge in [-0.3, -0.25) is 0 Å². The van der Waals surface area contributed by atoms with Gasteiger partial charge in [0, 0.05) is 16.1 Å². The lowest BCUT2D eigenvalue weighted by atomic mass is 10.1. The van der Waals surface area contributed by atoms with Crippen LogP contribution in [-0.4, -0.2) is 15.1 Å². The molecular weight excluding hydrogens is 272 g/mol. The number of hydrogen-bond acceptors (Lipinski definition) is 2. The molecule has 0 saturated carbocycles. The van der Waals surface area contributed by atoms with Crippen LogP contribution in [0.3, 0.4) is 0 Å². The maximum absolute atomic E-state index is 9.18. The highest BCUT2D eigenvalue weighted by Gasteiger charge is 2.06. The van der Waals surface area contributed by atoms with E-state index in [-0.39, 0.29) is 6.61 Å². The molecule has 0 aliphatic heterocycles. The number of H-pyrrole nitrogens is 1. The van der Waals surface area contributed by atoms with Crippen LogP contribution in [0.25, 0.3) is 22.6 Å². The number of nitrogens with one attached hydrogen (secondary N) is 1. The van der Waals surface area contributed by atoms with Gasteiger partial charge < -0.3 is 10.1 Å². The summed E-state index contributed by atoms with van der Waals surface area (Å²) in [7, 11) is 0. The second-order valence-corrected chi connectivity index (χ2v) is 4.95. The highest BCUT2D eigenvalue weighted by Crippen LogP contribution is 2.24. The highest BCUT2D eigenvalue weighted by molar-refractivity contribution is 6.30. The first-order valence-corrected chi connectivity index (χ1v) is 6.65. The van der Waals surface area contributed by atoms with Gasteiger partial charge in [0.25, 0.3) is 0 Å². The van der Waals surface area contributed by atoms with E-state index in [1.165, 1.54) is 0 Å². The summed E-state index contributed by atoms with van der Waals surface area (Å²) in [4.78, 5) is 7.66. The molecule has 0 amide bonds. The Bertz CT molecular complexity index is 737. The van der Waals surface area contributed by atoms with Crippen LogP contribution in [0.2, 0.25) is 5.02 Å². The summed E-state index contributed by atoms with van der Waals surface area (Å²) in [5.41, 5.74) is 3.72. The fourth-order valence-corrected chi connectivity index (χ4v) is 2.28. The van der Waals surface area contributed by atoms with E-state index in [1.807, 2.05) is 48.5 Å². The molecule has 100 valence electrons. The number of aromatic nitrogens is 2. The Balaban J connectivity index is 1.97. The standard InChI is InChI=1S/C16H13ClN2O/c17-14-6-2-4-12(8-14)15-9-18-16(19-15)13-5-1-3-11(7-13)10-20/h1-9,20H,10H2,(H,18,19). The maximum atomic E-state index is 9.18. The first kappa shape index (κ1) is 12.9. The van der Waals surface area contributed by atoms with Crippen molar-refractivity contribution in [1.29, 1.82) is 0 Å². The summed E-state index contributed by atoms with van der Waals surface area (Å²) in [5.74, 6) is 0.773. The molecule has 2 aromatic carbocycles. The number of aliphatic hydroxyl groups is 1. The molecule has 0 atom stereocenters. The second-order valence-electron chi connectivity index (χ2n) is 4.51. The van der Waals surface area contributed by atoms with Crippen LogP contribution in [0.15, 0.2) is 54.7 Å². The van der Waals surface area contributed by atoms with Crippen molar-refractivity contribution in [1.82, 2.24) is 9.97 Å². The predicted octanol–water partition coefficient (Wildman–Crippen LogP) is 3.89. The zero-order valence-electron chi connectivity index (χ0n) is 10.7. The van der Waals surface area contributed by atoms with Crippen molar-refractivity contribution < 1.29 is 5.11 Å². The summed E-state index contributed by atoms with van der Waals surface area (Å²) in [6.45, 7) is 0.0235. The molecule has 0 fully saturated rings. The Hall–Kier alpha value is -2.10. The number of rotatable bonds is 3. The first-order chi connectivity index (χ1) is 9.76. The Labute approximate surface area is 121 Å². The predicted molar refractivity (Wildman–Crippen MR) is 80.4 cm³/mol. The number of nitrogens with zero attached hydrogens (tertiary/aromatic N) is 1. The fraction of sp³-hybridized carbons (Fsp3) is 0.0625. The van der Waals surface area contributed by atoms with Gasteiger partial charge in [0.15, 0.2) is 0 Å². The lowest BCUT2D eigenvalue weighted by molar-refractivity contribution is 0.282. The van der Waals surface area contributed by atoms with Crippen molar-refractivity contribution >= 4 is 11.6 Å². The van der Waals surface area contributed by atoms with Gasteiger partial charge in [-0.25, -0.2) is 4.98 Å². The van der Waals surface area contributed by atoms with E-state index in [9.17, 15) is 5.11 Å². The normalized spacial score (nSPS) is 10.7. The van der Waals surface area contributed by atoms with E-state index in [2.05, 4.69) is 9.97 Å². The molecule has 3 nitrogen and oxygen atoms in total. The van der Waals surface area contributed by atoms with Gasteiger partial charge in [-0.15, -0.1) is 0 Å². The van der Waals surface area contributed by atoms with Crippen molar-refractivity contribution in [2.75, 3.05) is 0 Å². The zero-order valence-corrected chi connectivity index (χ0v) is 11.4. The van der Waals surface area contributed by atoms with Crippen LogP contribution < -0.4 is 0 Å². The maximum Gasteiger partial charge on any atom is 0.137 e. The van der Waals surface area contributed by atoms with Crippen molar-refractivity contribution in [3.05, 3.63) is 65.3 Å². The number of hydrogen-bond donors (Lipinski definition) is 2. The van der Waals surface area contributed by atoms with Gasteiger partial charge in [-0.2, -0.15) is 0 Å². The summed E-state index contributed by atoms with van der Waals surface area (Å²) in [6, 6.07) is 15.3. The second kappa shape index (κ2) is 5.49. The number of halogens is 1. The van der Waals surface area contributed by atoms with Crippen molar-refractivity contribution in [2.45, 2.75) is 6.61 Å². The van der Waals surface area contributed by atoms with Crippen molar-refractivity contribution in [2.24, 2.45) is 0 Å². The third-order valence-corrected chi connectivity index (χ3v) is 3.33. The number of imidazole rings is 1. The van der Waals surface area contributed by atoms with Crippen LogP contribution in [0.5, 0.6) is 0 Å². The van der Waals surface area contributed by atoms with E-state index in [0.29, 0.717) is 5.02 Å². The smallest absolute Gasteiger partial charge is 0.137 e. The molecule has 0 radical (unpaired) electrons. The van der Waals surface area contributed by atoms with Crippen molar-refractivity contribution in [3.63, 3.8) is 0 Å². The molecule has 3 rings (SSSR count). The van der Waals surface area contributed by atoms with Crippen LogP contribution >= 0.6 is 11.6 Å². The molecule has 20 heavy (non-hydrogen) atoms. The van der Waals surface area contributed by atoms with E-state index in [0.717, 1.165) is 28.2 Å². The molecule has 4 heteroatoms. The molecule has 0 aliphatic carbocycles. The minimum Gasteiger partial charge on any atom is -0.392 e. The molecule has 2 N–H and O–H groups in total. The lowest BCUT2D eigenvalue weighted by Gasteiger charge is -2.01. The first-order valence-electron chi connectivity index (χ1n) is 6.27. The SMILES string of the molecule is OCc1cccc(-c2ncc(-c3cccc(Cl)c3)[nH]2)c1. The van der Waals surface area contributed by atoms with Gasteiger partial charge in [0.2, 0.25) is 0 Å². The molecule has 0 bridgehead atoms. The van der Waals surface area contributed by atoms with Gasteiger partial charge in [0.1, 0.15) is 5.82 Å². The van der Waals surface area contributed by atoms with Crippen LogP contribution in [-0.2, 0) is 6.61 Å². The summed E-state index contributed by atoms with van der Waals surface area (Å²) < 4.78 is 0. The van der Waals surface area contributed by atoms with Crippen molar-refractivity contribution in [3.8, 4) is 22.6 Å². The highest BCUT2D eigenvalue weighted by atomic mass is 35.5. The monoisotopic (exact) mass is 284 g/mol. The van der Waals surface area contributed by atoms with Gasteiger partial charge >= 0.3 is 0 Å². The van der Waals surface area contributed by atoms with Crippen LogP contribution in [0.4, 0.5) is 0 Å². The molecule has 0 spiro atoms. The van der Waals surface area contributed by atoms with E-state index < -0.39 is 0 Å². The third-order valence-electron chi connectivity index (χ3n) is 3.09. The Morgan fingerprint density at radius 2 is 1.85 bits per heavy atom. The Morgan fingerprint density at radius 1 is 1.05 bits per heavy atom.